The summed E-state index contributed by atoms with van der Waals surface area (Å²) in [6, 6.07) is 36.3. The Hall–Kier alpha value is -3.65. The molecule has 1 aliphatic heterocycles. The molecule has 0 fully saturated rings. The maximum absolute atomic E-state index is 4.80. The largest absolute Gasteiger partial charge is 0.345 e. The minimum Gasteiger partial charge on any atom is -0.345 e. The number of benzene rings is 4. The SMILES string of the molecule is CN(c1ccccc1)c1ccc(-c2ccc(C3=Nc4ccccc4C3)cc2)cc1. The Labute approximate surface area is 171 Å². The molecule has 2 nitrogen and oxygen atoms in total. The second kappa shape index (κ2) is 7.40. The van der Waals surface area contributed by atoms with Crippen molar-refractivity contribution < 1.29 is 0 Å². The molecular formula is C27H22N2. The molecule has 0 aromatic heterocycles. The standard InChI is InChI=1S/C27H22N2/c1-29(24-8-3-2-4-9-24)25-17-15-21(16-18-25)20-11-13-22(14-12-20)27-19-23-7-5-6-10-26(23)28-27/h2-18H,19H2,1H3. The van der Waals surface area contributed by atoms with Gasteiger partial charge in [0.15, 0.2) is 0 Å². The maximum atomic E-state index is 4.80. The summed E-state index contributed by atoms with van der Waals surface area (Å²) in [6.07, 6.45) is 0.913. The lowest BCUT2D eigenvalue weighted by Gasteiger charge is -2.19. The molecular weight excluding hydrogens is 352 g/mol. The van der Waals surface area contributed by atoms with Crippen molar-refractivity contribution in [3.05, 3.63) is 114 Å². The number of para-hydroxylation sites is 2. The summed E-state index contributed by atoms with van der Waals surface area (Å²) >= 11 is 0. The molecule has 0 radical (unpaired) electrons. The van der Waals surface area contributed by atoms with Gasteiger partial charge in [-0.25, -0.2) is 0 Å². The summed E-state index contributed by atoms with van der Waals surface area (Å²) < 4.78 is 0. The van der Waals surface area contributed by atoms with E-state index in [1.54, 1.807) is 0 Å². The lowest BCUT2D eigenvalue weighted by Crippen LogP contribution is -2.08. The Balaban J connectivity index is 1.34. The molecule has 5 rings (SSSR count). The van der Waals surface area contributed by atoms with Crippen LogP contribution >= 0.6 is 0 Å². The third kappa shape index (κ3) is 3.45. The van der Waals surface area contributed by atoms with Crippen LogP contribution in [0.2, 0.25) is 0 Å². The predicted octanol–water partition coefficient (Wildman–Crippen LogP) is 6.80. The van der Waals surface area contributed by atoms with Crippen LogP contribution in [0.5, 0.6) is 0 Å². The fourth-order valence-electron chi connectivity index (χ4n) is 3.83. The van der Waals surface area contributed by atoms with Crippen molar-refractivity contribution in [2.45, 2.75) is 6.42 Å². The first-order chi connectivity index (χ1) is 14.3. The van der Waals surface area contributed by atoms with Gasteiger partial charge in [-0.2, -0.15) is 0 Å². The topological polar surface area (TPSA) is 15.6 Å². The van der Waals surface area contributed by atoms with E-state index >= 15 is 0 Å². The highest BCUT2D eigenvalue weighted by Crippen LogP contribution is 2.30. The Bertz CT molecular complexity index is 1160. The summed E-state index contributed by atoms with van der Waals surface area (Å²) in [5.41, 5.74) is 9.56. The molecule has 2 heteroatoms. The zero-order chi connectivity index (χ0) is 19.6. The summed E-state index contributed by atoms with van der Waals surface area (Å²) in [6.45, 7) is 0. The third-order valence-corrected chi connectivity index (χ3v) is 5.55. The maximum Gasteiger partial charge on any atom is 0.0669 e. The van der Waals surface area contributed by atoms with Gasteiger partial charge >= 0.3 is 0 Å². The van der Waals surface area contributed by atoms with Crippen molar-refractivity contribution in [3.63, 3.8) is 0 Å². The van der Waals surface area contributed by atoms with Gasteiger partial charge in [0.05, 0.1) is 11.4 Å². The molecule has 1 heterocycles. The molecule has 0 saturated heterocycles. The highest BCUT2D eigenvalue weighted by Gasteiger charge is 2.15. The van der Waals surface area contributed by atoms with Gasteiger partial charge in [-0.05, 0) is 52.6 Å². The van der Waals surface area contributed by atoms with Gasteiger partial charge in [-0.3, -0.25) is 4.99 Å². The smallest absolute Gasteiger partial charge is 0.0669 e. The van der Waals surface area contributed by atoms with Crippen LogP contribution in [0.4, 0.5) is 17.1 Å². The van der Waals surface area contributed by atoms with Crippen molar-refractivity contribution in [3.8, 4) is 11.1 Å². The summed E-state index contributed by atoms with van der Waals surface area (Å²) in [5.74, 6) is 0. The minimum absolute atomic E-state index is 0.913. The number of nitrogens with zero attached hydrogens (tertiary/aromatic N) is 2. The summed E-state index contributed by atoms with van der Waals surface area (Å²) in [4.78, 5) is 6.99. The highest BCUT2D eigenvalue weighted by atomic mass is 15.1. The number of hydrogen-bond donors (Lipinski definition) is 0. The molecule has 0 spiro atoms. The van der Waals surface area contributed by atoms with Crippen LogP contribution in [0.1, 0.15) is 11.1 Å². The van der Waals surface area contributed by atoms with E-state index < -0.39 is 0 Å². The van der Waals surface area contributed by atoms with Gasteiger partial charge in [-0.15, -0.1) is 0 Å². The second-order valence-corrected chi connectivity index (χ2v) is 7.38. The van der Waals surface area contributed by atoms with Crippen LogP contribution in [-0.4, -0.2) is 12.8 Å². The van der Waals surface area contributed by atoms with E-state index in [9.17, 15) is 0 Å². The first-order valence-corrected chi connectivity index (χ1v) is 9.93. The first kappa shape index (κ1) is 17.4. The Kier molecular flexibility index (Phi) is 4.45. The molecule has 0 bridgehead atoms. The third-order valence-electron chi connectivity index (χ3n) is 5.55. The van der Waals surface area contributed by atoms with E-state index in [2.05, 4.69) is 103 Å². The molecule has 4 aromatic carbocycles. The lowest BCUT2D eigenvalue weighted by molar-refractivity contribution is 1.21. The average Bonchev–Trinajstić information content (AvgIpc) is 3.24. The number of fused-ring (bicyclic) bond motifs is 1. The molecule has 0 aliphatic carbocycles. The zero-order valence-corrected chi connectivity index (χ0v) is 16.4. The van der Waals surface area contributed by atoms with Crippen LogP contribution < -0.4 is 4.90 Å². The number of hydrogen-bond acceptors (Lipinski definition) is 2. The fourth-order valence-corrected chi connectivity index (χ4v) is 3.83. The van der Waals surface area contributed by atoms with E-state index in [1.165, 1.54) is 33.6 Å². The predicted molar refractivity (Wildman–Crippen MR) is 123 cm³/mol. The van der Waals surface area contributed by atoms with Gasteiger partial charge in [0, 0.05) is 24.8 Å². The molecule has 4 aromatic rings. The van der Waals surface area contributed by atoms with Gasteiger partial charge in [-0.1, -0.05) is 72.8 Å². The highest BCUT2D eigenvalue weighted by molar-refractivity contribution is 6.06. The molecule has 1 aliphatic rings. The van der Waals surface area contributed by atoms with Gasteiger partial charge < -0.3 is 4.90 Å². The lowest BCUT2D eigenvalue weighted by atomic mass is 10.00. The molecule has 0 N–H and O–H groups in total. The van der Waals surface area contributed by atoms with Crippen molar-refractivity contribution in [1.29, 1.82) is 0 Å². The van der Waals surface area contributed by atoms with Crippen LogP contribution in [0, 0.1) is 0 Å². The monoisotopic (exact) mass is 374 g/mol. The second-order valence-electron chi connectivity index (χ2n) is 7.38. The summed E-state index contributed by atoms with van der Waals surface area (Å²) in [5, 5.41) is 0. The Morgan fingerprint density at radius 3 is 1.83 bits per heavy atom. The van der Waals surface area contributed by atoms with E-state index in [-0.39, 0.29) is 0 Å². The van der Waals surface area contributed by atoms with E-state index in [4.69, 9.17) is 4.99 Å². The Morgan fingerprint density at radius 1 is 0.586 bits per heavy atom. The average molecular weight is 374 g/mol. The van der Waals surface area contributed by atoms with Crippen molar-refractivity contribution >= 4 is 22.8 Å². The number of rotatable bonds is 4. The van der Waals surface area contributed by atoms with Crippen LogP contribution in [0.25, 0.3) is 11.1 Å². The van der Waals surface area contributed by atoms with Crippen LogP contribution in [-0.2, 0) is 6.42 Å². The molecule has 140 valence electrons. The van der Waals surface area contributed by atoms with Crippen molar-refractivity contribution in [1.82, 2.24) is 0 Å². The minimum atomic E-state index is 0.913. The van der Waals surface area contributed by atoms with Crippen LogP contribution in [0.3, 0.4) is 0 Å². The molecule has 0 saturated carbocycles. The van der Waals surface area contributed by atoms with E-state index in [0.29, 0.717) is 0 Å². The van der Waals surface area contributed by atoms with Crippen molar-refractivity contribution in [2.75, 3.05) is 11.9 Å². The molecule has 0 unspecified atom stereocenters. The van der Waals surface area contributed by atoms with Crippen molar-refractivity contribution in [2.24, 2.45) is 4.99 Å². The van der Waals surface area contributed by atoms with Gasteiger partial charge in [0.2, 0.25) is 0 Å². The first-order valence-electron chi connectivity index (χ1n) is 9.93. The number of aliphatic imine (C=N–C) groups is 1. The van der Waals surface area contributed by atoms with E-state index in [1.807, 2.05) is 12.1 Å². The van der Waals surface area contributed by atoms with Gasteiger partial charge in [0.1, 0.15) is 0 Å². The quantitative estimate of drug-likeness (QED) is 0.383. The summed E-state index contributed by atoms with van der Waals surface area (Å²) in [7, 11) is 2.10. The molecule has 0 amide bonds. The normalized spacial score (nSPS) is 12.4. The van der Waals surface area contributed by atoms with Crippen LogP contribution in [0.15, 0.2) is 108 Å². The van der Waals surface area contributed by atoms with Gasteiger partial charge in [0.25, 0.3) is 0 Å². The Morgan fingerprint density at radius 2 is 1.14 bits per heavy atom. The molecule has 0 atom stereocenters. The van der Waals surface area contributed by atoms with E-state index in [0.717, 1.165) is 17.8 Å². The number of anilines is 2. The zero-order valence-electron chi connectivity index (χ0n) is 16.4. The molecule has 29 heavy (non-hydrogen) atoms. The fraction of sp³-hybridized carbons (Fsp3) is 0.0741.